The molecule has 0 aromatic rings. The molecule has 0 fully saturated rings. The van der Waals surface area contributed by atoms with E-state index in [1.807, 2.05) is 0 Å². The van der Waals surface area contributed by atoms with Crippen molar-refractivity contribution in [2.45, 2.75) is 6.42 Å². The summed E-state index contributed by atoms with van der Waals surface area (Å²) in [4.78, 5) is 2.14. The molecule has 0 saturated heterocycles. The van der Waals surface area contributed by atoms with E-state index in [0.29, 0.717) is 6.54 Å². The minimum absolute atomic E-state index is 0.122. The molecule has 0 saturated carbocycles. The Balaban J connectivity index is 3.38. The molecule has 0 unspecified atom stereocenters. The van der Waals surface area contributed by atoms with Gasteiger partial charge in [0, 0.05) is 0 Å². The van der Waals surface area contributed by atoms with Gasteiger partial charge < -0.3 is 10.8 Å². The maximum absolute atomic E-state index is 8.59. The van der Waals surface area contributed by atoms with Gasteiger partial charge in [0.05, 0.1) is 6.61 Å². The molecule has 0 aliphatic heterocycles. The van der Waals surface area contributed by atoms with E-state index in [1.165, 1.54) is 3.51 Å². The fourth-order valence-electron chi connectivity index (χ4n) is 0.390. The lowest BCUT2D eigenvalue weighted by atomic mass is 10.3. The Bertz CT molecular complexity index is 82.5. The van der Waals surface area contributed by atoms with E-state index in [4.69, 9.17) is 10.8 Å². The molecular formula is C5H12INO. The van der Waals surface area contributed by atoms with Crippen LogP contribution in [0.15, 0.2) is 0 Å². The fourth-order valence-corrected chi connectivity index (χ4v) is 1.58. The minimum atomic E-state index is 0.122. The Hall–Kier alpha value is 0.520. The van der Waals surface area contributed by atoms with Crippen LogP contribution in [0.5, 0.6) is 0 Å². The molecule has 3 heteroatoms. The van der Waals surface area contributed by atoms with Crippen LogP contribution in [0.2, 0.25) is 0 Å². The molecule has 2 nitrogen and oxygen atoms in total. The van der Waals surface area contributed by atoms with Gasteiger partial charge >= 0.3 is 0 Å². The molecule has 0 aliphatic rings. The molecule has 0 bridgehead atoms. The van der Waals surface area contributed by atoms with Crippen LogP contribution in [-0.2, 0) is 0 Å². The number of hydrogen-bond donors (Lipinski definition) is 2. The summed E-state index contributed by atoms with van der Waals surface area (Å²) in [5, 5.41) is 8.59. The summed E-state index contributed by atoms with van der Waals surface area (Å²) in [6.45, 7) is 0.935. The molecule has 3 N–H and O–H groups in total. The molecule has 0 aliphatic carbocycles. The summed E-state index contributed by atoms with van der Waals surface area (Å²) in [5.74, 6) is 0. The maximum atomic E-state index is 8.59. The quantitative estimate of drug-likeness (QED) is 0.532. The molecule has 0 spiro atoms. The first-order chi connectivity index (χ1) is 3.85. The molecule has 0 aromatic carbocycles. The molecule has 0 radical (unpaired) electrons. The van der Waals surface area contributed by atoms with E-state index >= 15 is 0 Å². The summed E-state index contributed by atoms with van der Waals surface area (Å²) in [5.41, 5.74) is 5.27. The first-order valence-electron chi connectivity index (χ1n) is 2.50. The SMILES string of the molecule is CI=C(CO)CCN. The van der Waals surface area contributed by atoms with Crippen molar-refractivity contribution in [2.75, 3.05) is 18.1 Å². The third-order valence-corrected chi connectivity index (χ3v) is 3.26. The number of nitrogens with two attached hydrogens (primary N) is 1. The Kier molecular flexibility index (Phi) is 6.02. The summed E-state index contributed by atoms with van der Waals surface area (Å²) in [7, 11) is 0. The van der Waals surface area contributed by atoms with Gasteiger partial charge in [-0.2, -0.15) is 0 Å². The van der Waals surface area contributed by atoms with Crippen molar-refractivity contribution in [3.63, 3.8) is 0 Å². The number of rotatable bonds is 3. The van der Waals surface area contributed by atoms with Gasteiger partial charge in [-0.1, -0.05) is 0 Å². The summed E-state index contributed by atoms with van der Waals surface area (Å²) in [6.07, 6.45) is 0.917. The largest absolute Gasteiger partial charge is 0.392 e. The molecule has 0 rings (SSSR count). The first kappa shape index (κ1) is 8.52. The highest BCUT2D eigenvalue weighted by molar-refractivity contribution is 14.2. The van der Waals surface area contributed by atoms with Crippen LogP contribution in [0.4, 0.5) is 0 Å². The second kappa shape index (κ2) is 5.65. The highest BCUT2D eigenvalue weighted by Crippen LogP contribution is 1.95. The zero-order valence-corrected chi connectivity index (χ0v) is 7.18. The van der Waals surface area contributed by atoms with Crippen LogP contribution < -0.4 is 5.73 Å². The predicted octanol–water partition coefficient (Wildman–Crippen LogP) is 0.100. The Labute approximate surface area is 59.8 Å². The zero-order chi connectivity index (χ0) is 6.41. The van der Waals surface area contributed by atoms with Gasteiger partial charge in [0.25, 0.3) is 0 Å². The van der Waals surface area contributed by atoms with Crippen molar-refractivity contribution in [2.24, 2.45) is 5.73 Å². The lowest BCUT2D eigenvalue weighted by molar-refractivity contribution is 0.358. The Morgan fingerprint density at radius 1 is 1.75 bits per heavy atom. The third-order valence-electron chi connectivity index (χ3n) is 0.854. The normalized spacial score (nSPS) is 13.1. The van der Waals surface area contributed by atoms with Crippen molar-refractivity contribution in [1.82, 2.24) is 0 Å². The second-order valence-electron chi connectivity index (χ2n) is 1.40. The van der Waals surface area contributed by atoms with Crippen molar-refractivity contribution in [3.8, 4) is 0 Å². The Morgan fingerprint density at radius 2 is 2.38 bits per heavy atom. The molecule has 8 heavy (non-hydrogen) atoms. The third kappa shape index (κ3) is 3.51. The summed E-state index contributed by atoms with van der Waals surface area (Å²) < 4.78 is 1.26. The minimum Gasteiger partial charge on any atom is -0.392 e. The Morgan fingerprint density at radius 3 is 2.50 bits per heavy atom. The van der Waals surface area contributed by atoms with E-state index in [-0.39, 0.29) is 27.3 Å². The summed E-state index contributed by atoms with van der Waals surface area (Å²) in [6, 6.07) is 0. The van der Waals surface area contributed by atoms with E-state index in [2.05, 4.69) is 4.93 Å². The van der Waals surface area contributed by atoms with Crippen LogP contribution in [-0.4, -0.2) is 26.7 Å². The topological polar surface area (TPSA) is 46.2 Å². The second-order valence-corrected chi connectivity index (χ2v) is 4.01. The highest BCUT2D eigenvalue weighted by atomic mass is 127. The lowest BCUT2D eigenvalue weighted by Crippen LogP contribution is -2.09. The van der Waals surface area contributed by atoms with Gasteiger partial charge in [-0.15, -0.1) is 20.7 Å². The van der Waals surface area contributed by atoms with Gasteiger partial charge in [0.15, 0.2) is 0 Å². The molecule has 0 atom stereocenters. The maximum Gasteiger partial charge on any atom is 0.0694 e. The van der Waals surface area contributed by atoms with Crippen LogP contribution in [0.3, 0.4) is 0 Å². The smallest absolute Gasteiger partial charge is 0.0694 e. The fraction of sp³-hybridized carbons (Fsp3) is 0.800. The van der Waals surface area contributed by atoms with Gasteiger partial charge in [-0.25, -0.2) is 0 Å². The van der Waals surface area contributed by atoms with E-state index in [1.54, 1.807) is 0 Å². The summed E-state index contributed by atoms with van der Waals surface area (Å²) >= 11 is 0.122. The van der Waals surface area contributed by atoms with Gasteiger partial charge in [0.1, 0.15) is 0 Å². The molecular weight excluding hydrogens is 217 g/mol. The van der Waals surface area contributed by atoms with Crippen molar-refractivity contribution in [3.05, 3.63) is 0 Å². The van der Waals surface area contributed by atoms with Crippen LogP contribution in [0, 0.1) is 0 Å². The highest BCUT2D eigenvalue weighted by Gasteiger charge is 1.89. The number of aliphatic hydroxyl groups is 1. The van der Waals surface area contributed by atoms with Crippen molar-refractivity contribution in [1.29, 1.82) is 0 Å². The van der Waals surface area contributed by atoms with Crippen LogP contribution in [0.25, 0.3) is 0 Å². The number of alkyl halides is 1. The van der Waals surface area contributed by atoms with E-state index < -0.39 is 0 Å². The number of aliphatic hydroxyl groups excluding tert-OH is 1. The van der Waals surface area contributed by atoms with Gasteiger partial charge in [-0.3, -0.25) is 0 Å². The van der Waals surface area contributed by atoms with Crippen molar-refractivity contribution >= 4 is 24.2 Å². The number of halogens is 1. The van der Waals surface area contributed by atoms with Crippen LogP contribution >= 0.6 is 20.7 Å². The first-order valence-corrected chi connectivity index (χ1v) is 5.73. The average Bonchev–Trinajstić information content (AvgIpc) is 1.83. The molecule has 0 aromatic heterocycles. The lowest BCUT2D eigenvalue weighted by Gasteiger charge is -1.95. The molecule has 50 valence electrons. The molecule has 0 heterocycles. The van der Waals surface area contributed by atoms with Gasteiger partial charge in [0.2, 0.25) is 0 Å². The van der Waals surface area contributed by atoms with E-state index in [0.717, 1.165) is 6.42 Å². The average molecular weight is 229 g/mol. The standard InChI is InChI=1S/C5H12INO/c1-6-5(4-8)2-3-7/h8H,2-4,7H2,1H3. The van der Waals surface area contributed by atoms with E-state index in [9.17, 15) is 0 Å². The van der Waals surface area contributed by atoms with Crippen LogP contribution in [0.1, 0.15) is 6.42 Å². The zero-order valence-electron chi connectivity index (χ0n) is 5.02. The van der Waals surface area contributed by atoms with Gasteiger partial charge in [-0.05, 0) is 21.4 Å². The monoisotopic (exact) mass is 229 g/mol. The predicted molar refractivity (Wildman–Crippen MR) is 45.7 cm³/mol. The number of hydrogen-bond acceptors (Lipinski definition) is 2. The van der Waals surface area contributed by atoms with Crippen molar-refractivity contribution < 1.29 is 5.11 Å². The molecule has 0 amide bonds.